The molecule has 1 amide bonds. The van der Waals surface area contributed by atoms with Crippen LogP contribution in [0.2, 0.25) is 5.22 Å². The Morgan fingerprint density at radius 3 is 2.87 bits per heavy atom. The molecule has 1 saturated heterocycles. The van der Waals surface area contributed by atoms with Gasteiger partial charge in [-0.1, -0.05) is 0 Å². The lowest BCUT2D eigenvalue weighted by Crippen LogP contribution is -2.33. The first-order valence-corrected chi connectivity index (χ1v) is 5.13. The fourth-order valence-electron chi connectivity index (χ4n) is 1.70. The standard InChI is InChI=1S/C10H12ClNO3/c1-10(14)4-5-12(6-10)9(13)7-2-3-8(11)15-7/h2-3,14H,4-6H2,1H3. The molecule has 0 bridgehead atoms. The van der Waals surface area contributed by atoms with Crippen molar-refractivity contribution in [3.8, 4) is 0 Å². The molecule has 1 aliphatic heterocycles. The summed E-state index contributed by atoms with van der Waals surface area (Å²) in [6, 6.07) is 3.07. The van der Waals surface area contributed by atoms with Gasteiger partial charge in [0.05, 0.1) is 5.60 Å². The number of nitrogens with zero attached hydrogens (tertiary/aromatic N) is 1. The van der Waals surface area contributed by atoms with Gasteiger partial charge in [0, 0.05) is 13.1 Å². The van der Waals surface area contributed by atoms with Crippen LogP contribution in [0.1, 0.15) is 23.9 Å². The Hall–Kier alpha value is -1.00. The van der Waals surface area contributed by atoms with Crippen molar-refractivity contribution in [2.24, 2.45) is 0 Å². The number of carbonyl (C=O) groups excluding carboxylic acids is 1. The number of carbonyl (C=O) groups is 1. The van der Waals surface area contributed by atoms with Gasteiger partial charge in [0.1, 0.15) is 0 Å². The number of hydrogen-bond donors (Lipinski definition) is 1. The first kappa shape index (κ1) is 10.5. The van der Waals surface area contributed by atoms with E-state index in [0.29, 0.717) is 19.5 Å². The number of halogens is 1. The molecule has 1 aliphatic rings. The summed E-state index contributed by atoms with van der Waals surface area (Å²) in [6.07, 6.45) is 0.590. The Morgan fingerprint density at radius 1 is 1.67 bits per heavy atom. The molecule has 15 heavy (non-hydrogen) atoms. The van der Waals surface area contributed by atoms with Gasteiger partial charge >= 0.3 is 0 Å². The van der Waals surface area contributed by atoms with Crippen molar-refractivity contribution >= 4 is 17.5 Å². The number of β-amino-alcohol motifs (C(OH)–C–C–N with tert-alkyl or cyclic N) is 1. The fourth-order valence-corrected chi connectivity index (χ4v) is 1.85. The van der Waals surface area contributed by atoms with Gasteiger partial charge in [-0.15, -0.1) is 0 Å². The fraction of sp³-hybridized carbons (Fsp3) is 0.500. The summed E-state index contributed by atoms with van der Waals surface area (Å²) in [5.74, 6) is -0.00243. The molecule has 0 aliphatic carbocycles. The van der Waals surface area contributed by atoms with Crippen LogP contribution in [-0.2, 0) is 0 Å². The highest BCUT2D eigenvalue weighted by molar-refractivity contribution is 6.29. The topological polar surface area (TPSA) is 53.7 Å². The number of furan rings is 1. The predicted molar refractivity (Wildman–Crippen MR) is 54.9 cm³/mol. The summed E-state index contributed by atoms with van der Waals surface area (Å²) >= 11 is 5.58. The van der Waals surface area contributed by atoms with Gasteiger partial charge in [0.15, 0.2) is 11.0 Å². The summed E-state index contributed by atoms with van der Waals surface area (Å²) in [5, 5.41) is 9.91. The van der Waals surface area contributed by atoms with Gasteiger partial charge in [-0.2, -0.15) is 0 Å². The van der Waals surface area contributed by atoms with E-state index in [-0.39, 0.29) is 16.9 Å². The highest BCUT2D eigenvalue weighted by Gasteiger charge is 2.35. The zero-order valence-electron chi connectivity index (χ0n) is 8.36. The van der Waals surface area contributed by atoms with Gasteiger partial charge in [-0.3, -0.25) is 4.79 Å². The second kappa shape index (κ2) is 3.54. The molecule has 0 aromatic carbocycles. The van der Waals surface area contributed by atoms with E-state index in [0.717, 1.165) is 0 Å². The SMILES string of the molecule is CC1(O)CCN(C(=O)c2ccc(Cl)o2)C1. The third-order valence-corrected chi connectivity index (χ3v) is 2.73. The molecule has 2 heterocycles. The van der Waals surface area contributed by atoms with E-state index in [1.54, 1.807) is 11.8 Å². The van der Waals surface area contributed by atoms with Crippen LogP contribution in [0.4, 0.5) is 0 Å². The van der Waals surface area contributed by atoms with Gasteiger partial charge < -0.3 is 14.4 Å². The Kier molecular flexibility index (Phi) is 2.48. The Balaban J connectivity index is 2.10. The van der Waals surface area contributed by atoms with Crippen molar-refractivity contribution in [3.05, 3.63) is 23.1 Å². The van der Waals surface area contributed by atoms with Crippen molar-refractivity contribution in [1.29, 1.82) is 0 Å². The molecule has 1 unspecified atom stereocenters. The summed E-state index contributed by atoms with van der Waals surface area (Å²) < 4.78 is 5.02. The van der Waals surface area contributed by atoms with Crippen LogP contribution in [0, 0.1) is 0 Å². The Bertz CT molecular complexity index is 386. The molecule has 2 rings (SSSR count). The van der Waals surface area contributed by atoms with E-state index >= 15 is 0 Å². The maximum atomic E-state index is 11.8. The van der Waals surface area contributed by atoms with Crippen LogP contribution < -0.4 is 0 Å². The maximum absolute atomic E-state index is 11.8. The lowest BCUT2D eigenvalue weighted by atomic mass is 10.1. The molecule has 1 N–H and O–H groups in total. The van der Waals surface area contributed by atoms with Crippen molar-refractivity contribution in [2.75, 3.05) is 13.1 Å². The minimum Gasteiger partial charge on any atom is -0.440 e. The van der Waals surface area contributed by atoms with Crippen molar-refractivity contribution in [1.82, 2.24) is 4.90 Å². The second-order valence-corrected chi connectivity index (χ2v) is 4.45. The van der Waals surface area contributed by atoms with Gasteiger partial charge in [0.25, 0.3) is 5.91 Å². The maximum Gasteiger partial charge on any atom is 0.289 e. The molecule has 1 aromatic rings. The largest absolute Gasteiger partial charge is 0.440 e. The third kappa shape index (κ3) is 2.16. The molecule has 0 saturated carbocycles. The molecule has 0 radical (unpaired) electrons. The Labute approximate surface area is 92.4 Å². The first-order chi connectivity index (χ1) is 6.98. The molecule has 1 atom stereocenters. The minimum atomic E-state index is -0.786. The van der Waals surface area contributed by atoms with E-state index in [4.69, 9.17) is 16.0 Å². The average Bonchev–Trinajstić information content (AvgIpc) is 2.71. The molecule has 0 spiro atoms. The minimum absolute atomic E-state index is 0.198. The molecule has 5 heteroatoms. The number of rotatable bonds is 1. The van der Waals surface area contributed by atoms with E-state index in [1.165, 1.54) is 12.1 Å². The molecule has 1 fully saturated rings. The number of aliphatic hydroxyl groups is 1. The Morgan fingerprint density at radius 2 is 2.40 bits per heavy atom. The van der Waals surface area contributed by atoms with Crippen LogP contribution >= 0.6 is 11.6 Å². The zero-order chi connectivity index (χ0) is 11.1. The summed E-state index contributed by atoms with van der Waals surface area (Å²) in [5.41, 5.74) is -0.786. The molecule has 82 valence electrons. The zero-order valence-corrected chi connectivity index (χ0v) is 9.12. The lowest BCUT2D eigenvalue weighted by molar-refractivity contribution is 0.0555. The molecule has 1 aromatic heterocycles. The van der Waals surface area contributed by atoms with E-state index in [1.807, 2.05) is 0 Å². The monoisotopic (exact) mass is 229 g/mol. The van der Waals surface area contributed by atoms with Crippen LogP contribution in [-0.4, -0.2) is 34.6 Å². The summed E-state index contributed by atoms with van der Waals surface area (Å²) in [7, 11) is 0. The number of hydrogen-bond acceptors (Lipinski definition) is 3. The van der Waals surface area contributed by atoms with Crippen LogP contribution in [0.3, 0.4) is 0 Å². The van der Waals surface area contributed by atoms with E-state index in [2.05, 4.69) is 0 Å². The lowest BCUT2D eigenvalue weighted by Gasteiger charge is -2.17. The summed E-state index contributed by atoms with van der Waals surface area (Å²) in [4.78, 5) is 13.4. The van der Waals surface area contributed by atoms with Crippen LogP contribution in [0.15, 0.2) is 16.5 Å². The quantitative estimate of drug-likeness (QED) is 0.795. The van der Waals surface area contributed by atoms with Crippen molar-refractivity contribution in [3.63, 3.8) is 0 Å². The van der Waals surface area contributed by atoms with Crippen LogP contribution in [0.25, 0.3) is 0 Å². The average molecular weight is 230 g/mol. The van der Waals surface area contributed by atoms with Crippen molar-refractivity contribution < 1.29 is 14.3 Å². The predicted octanol–water partition coefficient (Wildman–Crippen LogP) is 1.53. The molecular weight excluding hydrogens is 218 g/mol. The van der Waals surface area contributed by atoms with Gasteiger partial charge in [-0.05, 0) is 37.1 Å². The van der Waals surface area contributed by atoms with E-state index < -0.39 is 5.60 Å². The number of amides is 1. The normalized spacial score (nSPS) is 25.9. The molecular formula is C10H12ClNO3. The van der Waals surface area contributed by atoms with Gasteiger partial charge in [-0.25, -0.2) is 0 Å². The third-order valence-electron chi connectivity index (χ3n) is 2.52. The van der Waals surface area contributed by atoms with E-state index in [9.17, 15) is 9.90 Å². The smallest absolute Gasteiger partial charge is 0.289 e. The van der Waals surface area contributed by atoms with Gasteiger partial charge in [0.2, 0.25) is 0 Å². The first-order valence-electron chi connectivity index (χ1n) is 4.75. The second-order valence-electron chi connectivity index (χ2n) is 4.08. The highest BCUT2D eigenvalue weighted by Crippen LogP contribution is 2.23. The van der Waals surface area contributed by atoms with Crippen LogP contribution in [0.5, 0.6) is 0 Å². The highest BCUT2D eigenvalue weighted by atomic mass is 35.5. The van der Waals surface area contributed by atoms with Crippen molar-refractivity contribution in [2.45, 2.75) is 18.9 Å². The number of likely N-dealkylation sites (tertiary alicyclic amines) is 1. The molecule has 4 nitrogen and oxygen atoms in total. The summed E-state index contributed by atoms with van der Waals surface area (Å²) in [6.45, 7) is 2.60.